The van der Waals surface area contributed by atoms with Crippen molar-refractivity contribution in [3.8, 4) is 0 Å². The molecule has 0 bridgehead atoms. The second-order valence-electron chi connectivity index (χ2n) is 5.50. The van der Waals surface area contributed by atoms with Crippen LogP contribution in [0.2, 0.25) is 0 Å². The molecule has 8 heteroatoms. The van der Waals surface area contributed by atoms with E-state index in [0.29, 0.717) is 11.6 Å². The molecular formula is C14H22N4O3S. The minimum absolute atomic E-state index is 0.123. The van der Waals surface area contributed by atoms with Gasteiger partial charge in [-0.15, -0.1) is 0 Å². The minimum Gasteiger partial charge on any atom is -0.467 e. The molecule has 1 unspecified atom stereocenters. The van der Waals surface area contributed by atoms with E-state index in [1.165, 1.54) is 0 Å². The van der Waals surface area contributed by atoms with Gasteiger partial charge in [-0.1, -0.05) is 0 Å². The Morgan fingerprint density at radius 3 is 3.09 bits per heavy atom. The molecule has 0 saturated heterocycles. The highest BCUT2D eigenvalue weighted by atomic mass is 32.1. The molecule has 22 heavy (non-hydrogen) atoms. The van der Waals surface area contributed by atoms with Crippen LogP contribution in [0.4, 0.5) is 4.79 Å². The maximum Gasteiger partial charge on any atom is 0.404 e. The van der Waals surface area contributed by atoms with E-state index in [2.05, 4.69) is 9.55 Å². The number of nitrogens with two attached hydrogens (primary N) is 1. The Hall–Kier alpha value is -1.83. The number of hydrogen-bond acceptors (Lipinski definition) is 5. The van der Waals surface area contributed by atoms with E-state index in [9.17, 15) is 4.79 Å². The Morgan fingerprint density at radius 1 is 1.64 bits per heavy atom. The molecule has 2 heterocycles. The van der Waals surface area contributed by atoms with Crippen LogP contribution in [0.5, 0.6) is 0 Å². The van der Waals surface area contributed by atoms with Gasteiger partial charge in [0.15, 0.2) is 0 Å². The Labute approximate surface area is 135 Å². The molecular weight excluding hydrogens is 304 g/mol. The van der Waals surface area contributed by atoms with Gasteiger partial charge in [0, 0.05) is 39.5 Å². The molecule has 1 aromatic heterocycles. The fourth-order valence-electron chi connectivity index (χ4n) is 2.65. The van der Waals surface area contributed by atoms with Gasteiger partial charge in [-0.2, -0.15) is 0 Å². The van der Waals surface area contributed by atoms with E-state index < -0.39 is 6.09 Å². The summed E-state index contributed by atoms with van der Waals surface area (Å²) >= 11 is 5.25. The van der Waals surface area contributed by atoms with Crippen molar-refractivity contribution >= 4 is 23.5 Å². The number of imidazole rings is 1. The molecule has 2 rings (SSSR count). The Morgan fingerprint density at radius 2 is 2.41 bits per heavy atom. The van der Waals surface area contributed by atoms with Gasteiger partial charge in [0.05, 0.1) is 12.5 Å². The molecule has 7 nitrogen and oxygen atoms in total. The van der Waals surface area contributed by atoms with Gasteiger partial charge >= 0.3 is 6.09 Å². The first-order valence-electron chi connectivity index (χ1n) is 7.30. The molecule has 1 aliphatic rings. The molecule has 1 amide bonds. The Bertz CT molecular complexity index is 532. The number of amides is 1. The van der Waals surface area contributed by atoms with E-state index in [1.807, 2.05) is 20.3 Å². The number of thiocarbonyl (C=S) groups is 1. The molecule has 1 aliphatic heterocycles. The second-order valence-corrected chi connectivity index (χ2v) is 5.85. The lowest BCUT2D eigenvalue weighted by atomic mass is 9.91. The van der Waals surface area contributed by atoms with Crippen molar-refractivity contribution in [1.29, 1.82) is 0 Å². The highest BCUT2D eigenvalue weighted by molar-refractivity contribution is 7.80. The maximum atomic E-state index is 10.8. The van der Waals surface area contributed by atoms with Gasteiger partial charge in [0.1, 0.15) is 11.9 Å². The number of rotatable bonds is 5. The van der Waals surface area contributed by atoms with Crippen LogP contribution in [-0.2, 0) is 16.0 Å². The van der Waals surface area contributed by atoms with Crippen LogP contribution in [0.25, 0.3) is 0 Å². The number of hydrogen-bond donors (Lipinski definition) is 1. The summed E-state index contributed by atoms with van der Waals surface area (Å²) in [7, 11) is 3.67. The molecule has 0 aliphatic carbocycles. The van der Waals surface area contributed by atoms with Gasteiger partial charge in [-0.05, 0) is 25.1 Å². The monoisotopic (exact) mass is 326 g/mol. The number of aryl methyl sites for hydroxylation is 1. The van der Waals surface area contributed by atoms with Crippen molar-refractivity contribution in [2.75, 3.05) is 20.7 Å². The summed E-state index contributed by atoms with van der Waals surface area (Å²) in [5, 5.41) is 0.410. The second kappa shape index (κ2) is 7.44. The van der Waals surface area contributed by atoms with Crippen molar-refractivity contribution in [2.24, 2.45) is 5.73 Å². The summed E-state index contributed by atoms with van der Waals surface area (Å²) < 4.78 is 12.9. The van der Waals surface area contributed by atoms with Gasteiger partial charge in [-0.25, -0.2) is 9.78 Å². The fraction of sp³-hybridized carbons (Fsp3) is 0.643. The van der Waals surface area contributed by atoms with Crippen LogP contribution in [0.1, 0.15) is 31.0 Å². The average Bonchev–Trinajstić information content (AvgIpc) is 2.93. The predicted molar refractivity (Wildman–Crippen MR) is 85.5 cm³/mol. The third-order valence-electron chi connectivity index (χ3n) is 3.71. The van der Waals surface area contributed by atoms with Crippen LogP contribution in [-0.4, -0.2) is 52.5 Å². The summed E-state index contributed by atoms with van der Waals surface area (Å²) in [6.45, 7) is 1.17. The lowest BCUT2D eigenvalue weighted by Gasteiger charge is -2.32. The van der Waals surface area contributed by atoms with E-state index in [4.69, 9.17) is 27.4 Å². The first-order valence-corrected chi connectivity index (χ1v) is 7.71. The fourth-order valence-corrected chi connectivity index (χ4v) is 2.78. The Balaban J connectivity index is 2.10. The molecule has 1 aromatic rings. The van der Waals surface area contributed by atoms with Crippen molar-refractivity contribution in [1.82, 2.24) is 14.5 Å². The molecule has 0 radical (unpaired) electrons. The summed E-state index contributed by atoms with van der Waals surface area (Å²) in [5.74, 6) is 1.12. The third kappa shape index (κ3) is 4.09. The number of primary amides is 1. The minimum atomic E-state index is -0.779. The van der Waals surface area contributed by atoms with Crippen molar-refractivity contribution in [3.05, 3.63) is 18.2 Å². The number of nitrogens with zero attached hydrogens (tertiary/aromatic N) is 3. The zero-order valence-corrected chi connectivity index (χ0v) is 13.7. The van der Waals surface area contributed by atoms with Gasteiger partial charge in [-0.3, -0.25) is 0 Å². The molecule has 2 N–H and O–H groups in total. The van der Waals surface area contributed by atoms with Crippen LogP contribution >= 0.6 is 12.2 Å². The Kier molecular flexibility index (Phi) is 5.59. The maximum absolute atomic E-state index is 10.8. The molecule has 122 valence electrons. The van der Waals surface area contributed by atoms with Crippen LogP contribution in [0.15, 0.2) is 12.4 Å². The van der Waals surface area contributed by atoms with Crippen molar-refractivity contribution < 1.29 is 14.3 Å². The summed E-state index contributed by atoms with van der Waals surface area (Å²) in [6.07, 6.45) is 5.34. The zero-order valence-electron chi connectivity index (χ0n) is 12.9. The number of ether oxygens (including phenoxy) is 2. The molecule has 0 fully saturated rings. The summed E-state index contributed by atoms with van der Waals surface area (Å²) in [6, 6.07) is 0. The highest BCUT2D eigenvalue weighted by Gasteiger charge is 2.31. The summed E-state index contributed by atoms with van der Waals surface area (Å²) in [4.78, 5) is 16.9. The van der Waals surface area contributed by atoms with Gasteiger partial charge in [0.25, 0.3) is 5.17 Å². The van der Waals surface area contributed by atoms with Gasteiger partial charge < -0.3 is 24.7 Å². The van der Waals surface area contributed by atoms with Crippen LogP contribution in [0.3, 0.4) is 0 Å². The largest absolute Gasteiger partial charge is 0.467 e. The zero-order chi connectivity index (χ0) is 16.1. The van der Waals surface area contributed by atoms with Crippen LogP contribution < -0.4 is 5.73 Å². The normalized spacial score (nSPS) is 18.2. The lowest BCUT2D eigenvalue weighted by molar-refractivity contribution is 0.0846. The molecule has 0 saturated carbocycles. The number of aromatic nitrogens is 2. The van der Waals surface area contributed by atoms with Crippen LogP contribution in [0, 0.1) is 0 Å². The third-order valence-corrected chi connectivity index (χ3v) is 4.17. The summed E-state index contributed by atoms with van der Waals surface area (Å²) in [5.41, 5.74) is 5.01. The molecule has 2 atom stereocenters. The molecule has 0 aromatic carbocycles. The quantitative estimate of drug-likeness (QED) is 0.825. The first-order chi connectivity index (χ1) is 10.5. The molecule has 0 spiro atoms. The average molecular weight is 326 g/mol. The van der Waals surface area contributed by atoms with E-state index in [-0.39, 0.29) is 18.6 Å². The topological polar surface area (TPSA) is 82.6 Å². The number of carbonyl (C=O) groups excluding carboxylic acids is 1. The lowest BCUT2D eigenvalue weighted by Crippen LogP contribution is -2.35. The highest BCUT2D eigenvalue weighted by Crippen LogP contribution is 2.32. The predicted octanol–water partition coefficient (Wildman–Crippen LogP) is 1.48. The standard InChI is InChI=1S/C14H22N4O3S/c1-17(2)14(22)21-11(5-9-20-13(15)19)10-4-3-7-18-8-6-16-12(10)18/h6,8,10-11H,3-5,7,9H2,1-2H3,(H2,15,19)/t10?,11-/m0/s1. The van der Waals surface area contributed by atoms with Gasteiger partial charge in [0.2, 0.25) is 0 Å². The SMILES string of the molecule is CN(C)C(=S)O[C@@H](CCOC(N)=O)C1CCCn2ccnc21. The van der Waals surface area contributed by atoms with E-state index in [0.717, 1.165) is 25.2 Å². The van der Waals surface area contributed by atoms with Crippen molar-refractivity contribution in [2.45, 2.75) is 37.8 Å². The first kappa shape index (κ1) is 16.5. The number of fused-ring (bicyclic) bond motifs is 1. The van der Waals surface area contributed by atoms with E-state index >= 15 is 0 Å². The number of carbonyl (C=O) groups is 1. The smallest absolute Gasteiger partial charge is 0.404 e. The van der Waals surface area contributed by atoms with E-state index in [1.54, 1.807) is 11.1 Å². The van der Waals surface area contributed by atoms with Crippen molar-refractivity contribution in [3.63, 3.8) is 0 Å².